The fraction of sp³-hybridized carbons (Fsp3) is 0.444. The SMILES string of the molecule is Cc1ccc2nc(C(=O)N3CCCC(c4nnc(CO)n4C)C3)[nH]c2c1. The molecule has 8 nitrogen and oxygen atoms in total. The number of benzene rings is 1. The molecule has 8 heteroatoms. The predicted octanol–water partition coefficient (Wildman–Crippen LogP) is 1.51. The molecule has 1 aliphatic heterocycles. The standard InChI is InChI=1S/C18H22N6O2/c1-11-5-6-13-14(8-11)20-16(19-13)18(26)24-7-3-4-12(9-24)17-22-21-15(10-25)23(17)2/h5-6,8,12,25H,3-4,7,9-10H2,1-2H3,(H,19,20). The Hall–Kier alpha value is -2.74. The Balaban J connectivity index is 1.56. The number of aromatic amines is 1. The number of imidazole rings is 1. The van der Waals surface area contributed by atoms with Crippen LogP contribution in [0.25, 0.3) is 11.0 Å². The summed E-state index contributed by atoms with van der Waals surface area (Å²) >= 11 is 0. The normalized spacial score (nSPS) is 17.8. The first kappa shape index (κ1) is 16.7. The number of aromatic nitrogens is 5. The monoisotopic (exact) mass is 354 g/mol. The first-order valence-electron chi connectivity index (χ1n) is 8.81. The molecule has 4 rings (SSSR count). The Kier molecular flexibility index (Phi) is 4.20. The van der Waals surface area contributed by atoms with Crippen LogP contribution >= 0.6 is 0 Å². The van der Waals surface area contributed by atoms with E-state index in [1.54, 1.807) is 0 Å². The van der Waals surface area contributed by atoms with Crippen molar-refractivity contribution in [1.29, 1.82) is 0 Å². The fourth-order valence-corrected chi connectivity index (χ4v) is 3.62. The third-order valence-electron chi connectivity index (χ3n) is 5.05. The number of carbonyl (C=O) groups excluding carboxylic acids is 1. The van der Waals surface area contributed by atoms with Crippen molar-refractivity contribution in [3.63, 3.8) is 0 Å². The summed E-state index contributed by atoms with van der Waals surface area (Å²) in [5.41, 5.74) is 2.80. The lowest BCUT2D eigenvalue weighted by molar-refractivity contribution is 0.0692. The number of aliphatic hydroxyl groups is 1. The van der Waals surface area contributed by atoms with Crippen molar-refractivity contribution in [1.82, 2.24) is 29.6 Å². The van der Waals surface area contributed by atoms with Gasteiger partial charge in [-0.1, -0.05) is 6.07 Å². The van der Waals surface area contributed by atoms with Crippen LogP contribution in [0.15, 0.2) is 18.2 Å². The van der Waals surface area contributed by atoms with Gasteiger partial charge in [0.1, 0.15) is 12.4 Å². The molecule has 1 aromatic carbocycles. The van der Waals surface area contributed by atoms with Gasteiger partial charge in [-0.2, -0.15) is 0 Å². The molecular formula is C18H22N6O2. The Labute approximate surface area is 150 Å². The number of fused-ring (bicyclic) bond motifs is 1. The van der Waals surface area contributed by atoms with Crippen LogP contribution in [0.5, 0.6) is 0 Å². The highest BCUT2D eigenvalue weighted by Gasteiger charge is 2.30. The minimum absolute atomic E-state index is 0.0897. The lowest BCUT2D eigenvalue weighted by Crippen LogP contribution is -2.40. The third kappa shape index (κ3) is 2.86. The molecule has 26 heavy (non-hydrogen) atoms. The zero-order valence-electron chi connectivity index (χ0n) is 14.9. The molecule has 2 aromatic heterocycles. The van der Waals surface area contributed by atoms with Crippen molar-refractivity contribution in [3.8, 4) is 0 Å². The molecule has 1 aliphatic rings. The van der Waals surface area contributed by atoms with Crippen LogP contribution < -0.4 is 0 Å². The number of hydrogen-bond acceptors (Lipinski definition) is 5. The van der Waals surface area contributed by atoms with Crippen molar-refractivity contribution >= 4 is 16.9 Å². The van der Waals surface area contributed by atoms with Crippen LogP contribution in [0, 0.1) is 6.92 Å². The highest BCUT2D eigenvalue weighted by molar-refractivity contribution is 5.94. The molecular weight excluding hydrogens is 332 g/mol. The predicted molar refractivity (Wildman–Crippen MR) is 95.6 cm³/mol. The highest BCUT2D eigenvalue weighted by atomic mass is 16.3. The van der Waals surface area contributed by atoms with E-state index in [-0.39, 0.29) is 18.4 Å². The molecule has 136 valence electrons. The van der Waals surface area contributed by atoms with E-state index in [1.807, 2.05) is 41.6 Å². The van der Waals surface area contributed by atoms with E-state index in [0.29, 0.717) is 24.7 Å². The lowest BCUT2D eigenvalue weighted by atomic mass is 9.97. The maximum absolute atomic E-state index is 12.9. The molecule has 0 spiro atoms. The van der Waals surface area contributed by atoms with E-state index < -0.39 is 0 Å². The summed E-state index contributed by atoms with van der Waals surface area (Å²) < 4.78 is 1.82. The Morgan fingerprint density at radius 2 is 2.23 bits per heavy atom. The first-order valence-corrected chi connectivity index (χ1v) is 8.81. The number of carbonyl (C=O) groups is 1. The first-order chi connectivity index (χ1) is 12.6. The van der Waals surface area contributed by atoms with Crippen molar-refractivity contribution in [2.24, 2.45) is 7.05 Å². The summed E-state index contributed by atoms with van der Waals surface area (Å²) in [7, 11) is 1.85. The van der Waals surface area contributed by atoms with Crippen LogP contribution in [0.4, 0.5) is 0 Å². The molecule has 1 unspecified atom stereocenters. The maximum atomic E-state index is 12.9. The summed E-state index contributed by atoms with van der Waals surface area (Å²) in [6.07, 6.45) is 1.84. The molecule has 0 aliphatic carbocycles. The Morgan fingerprint density at radius 1 is 1.38 bits per heavy atom. The maximum Gasteiger partial charge on any atom is 0.289 e. The fourth-order valence-electron chi connectivity index (χ4n) is 3.62. The number of aliphatic hydroxyl groups excluding tert-OH is 1. The third-order valence-corrected chi connectivity index (χ3v) is 5.05. The quantitative estimate of drug-likeness (QED) is 0.743. The zero-order chi connectivity index (χ0) is 18.3. The molecule has 0 saturated carbocycles. The van der Waals surface area contributed by atoms with Gasteiger partial charge < -0.3 is 19.6 Å². The van der Waals surface area contributed by atoms with Gasteiger partial charge >= 0.3 is 0 Å². The number of nitrogens with zero attached hydrogens (tertiary/aromatic N) is 5. The Morgan fingerprint density at radius 3 is 3.00 bits per heavy atom. The van der Waals surface area contributed by atoms with Crippen molar-refractivity contribution in [3.05, 3.63) is 41.2 Å². The van der Waals surface area contributed by atoms with Gasteiger partial charge in [-0.15, -0.1) is 10.2 Å². The molecule has 1 atom stereocenters. The number of piperidine rings is 1. The molecule has 3 aromatic rings. The number of aryl methyl sites for hydroxylation is 1. The van der Waals surface area contributed by atoms with Gasteiger partial charge in [0, 0.05) is 26.1 Å². The number of rotatable bonds is 3. The number of likely N-dealkylation sites (tertiary alicyclic amines) is 1. The topological polar surface area (TPSA) is 99.9 Å². The minimum atomic E-state index is -0.142. The van der Waals surface area contributed by atoms with Crippen molar-refractivity contribution in [2.75, 3.05) is 13.1 Å². The molecule has 1 amide bonds. The van der Waals surface area contributed by atoms with E-state index in [4.69, 9.17) is 0 Å². The summed E-state index contributed by atoms with van der Waals surface area (Å²) in [4.78, 5) is 22.3. The number of amides is 1. The summed E-state index contributed by atoms with van der Waals surface area (Å²) in [5, 5.41) is 17.5. The van der Waals surface area contributed by atoms with Gasteiger partial charge in [0.2, 0.25) is 0 Å². The molecule has 1 fully saturated rings. The van der Waals surface area contributed by atoms with Crippen LogP contribution in [0.2, 0.25) is 0 Å². The second-order valence-electron chi connectivity index (χ2n) is 6.89. The lowest BCUT2D eigenvalue weighted by Gasteiger charge is -2.31. The average molecular weight is 354 g/mol. The van der Waals surface area contributed by atoms with Crippen LogP contribution in [-0.2, 0) is 13.7 Å². The Bertz CT molecular complexity index is 960. The second kappa shape index (κ2) is 6.53. The van der Waals surface area contributed by atoms with Crippen molar-refractivity contribution < 1.29 is 9.90 Å². The van der Waals surface area contributed by atoms with Crippen LogP contribution in [0.1, 0.15) is 46.6 Å². The second-order valence-corrected chi connectivity index (χ2v) is 6.89. The summed E-state index contributed by atoms with van der Waals surface area (Å²) in [6, 6.07) is 5.90. The molecule has 1 saturated heterocycles. The van der Waals surface area contributed by atoms with E-state index in [0.717, 1.165) is 35.3 Å². The van der Waals surface area contributed by atoms with E-state index >= 15 is 0 Å². The number of hydrogen-bond donors (Lipinski definition) is 2. The number of nitrogens with one attached hydrogen (secondary N) is 1. The van der Waals surface area contributed by atoms with Crippen LogP contribution in [-0.4, -0.2) is 53.7 Å². The summed E-state index contributed by atoms with van der Waals surface area (Å²) in [6.45, 7) is 3.15. The van der Waals surface area contributed by atoms with Gasteiger partial charge in [0.15, 0.2) is 11.6 Å². The summed E-state index contributed by atoms with van der Waals surface area (Å²) in [5.74, 6) is 1.74. The minimum Gasteiger partial charge on any atom is -0.388 e. The molecule has 3 heterocycles. The van der Waals surface area contributed by atoms with E-state index in [9.17, 15) is 9.90 Å². The van der Waals surface area contributed by atoms with Gasteiger partial charge in [-0.25, -0.2) is 4.98 Å². The van der Waals surface area contributed by atoms with Gasteiger partial charge in [0.25, 0.3) is 5.91 Å². The molecule has 2 N–H and O–H groups in total. The van der Waals surface area contributed by atoms with Gasteiger partial charge in [0.05, 0.1) is 11.0 Å². The number of H-pyrrole nitrogens is 1. The largest absolute Gasteiger partial charge is 0.388 e. The van der Waals surface area contributed by atoms with Gasteiger partial charge in [-0.05, 0) is 37.5 Å². The van der Waals surface area contributed by atoms with Crippen molar-refractivity contribution in [2.45, 2.75) is 32.3 Å². The molecule has 0 bridgehead atoms. The highest BCUT2D eigenvalue weighted by Crippen LogP contribution is 2.27. The molecule has 0 radical (unpaired) electrons. The zero-order valence-corrected chi connectivity index (χ0v) is 14.9. The van der Waals surface area contributed by atoms with Crippen LogP contribution in [0.3, 0.4) is 0 Å². The average Bonchev–Trinajstić information content (AvgIpc) is 3.24. The van der Waals surface area contributed by atoms with E-state index in [2.05, 4.69) is 20.2 Å². The smallest absolute Gasteiger partial charge is 0.289 e. The van der Waals surface area contributed by atoms with Gasteiger partial charge in [-0.3, -0.25) is 4.79 Å². The van der Waals surface area contributed by atoms with E-state index in [1.165, 1.54) is 0 Å².